The summed E-state index contributed by atoms with van der Waals surface area (Å²) >= 11 is 0. The molecule has 3 fully saturated rings. The number of amides is 1. The fourth-order valence-corrected chi connectivity index (χ4v) is 9.06. The fourth-order valence-electron chi connectivity index (χ4n) is 9.06. The molecular weight excluding hydrogens is 554 g/mol. The number of nitrogens with zero attached hydrogens (tertiary/aromatic N) is 5. The first kappa shape index (κ1) is 28.4. The smallest absolute Gasteiger partial charge is 0.256 e. The van der Waals surface area contributed by atoms with Crippen molar-refractivity contribution in [3.8, 4) is 0 Å². The predicted octanol–water partition coefficient (Wildman–Crippen LogP) is 7.63. The van der Waals surface area contributed by atoms with E-state index in [9.17, 15) is 4.79 Å². The largest absolute Gasteiger partial charge is 0.339 e. The summed E-state index contributed by atoms with van der Waals surface area (Å²) in [5, 5.41) is 1.06. The molecule has 3 saturated heterocycles. The van der Waals surface area contributed by atoms with Crippen LogP contribution >= 0.6 is 0 Å². The number of benzene rings is 3. The molecule has 3 atom stereocenters. The Hall–Kier alpha value is -4.03. The van der Waals surface area contributed by atoms with Crippen molar-refractivity contribution in [3.63, 3.8) is 0 Å². The third-order valence-corrected chi connectivity index (χ3v) is 11.5. The van der Waals surface area contributed by atoms with E-state index in [-0.39, 0.29) is 11.3 Å². The van der Waals surface area contributed by atoms with Crippen LogP contribution in [0, 0.1) is 13.8 Å². The van der Waals surface area contributed by atoms with Crippen LogP contribution in [-0.4, -0.2) is 62.0 Å². The van der Waals surface area contributed by atoms with Crippen LogP contribution in [0.3, 0.4) is 0 Å². The molecular formula is C39H43N5O. The molecule has 6 nitrogen and oxygen atoms in total. The molecule has 45 heavy (non-hydrogen) atoms. The average Bonchev–Trinajstić information content (AvgIpc) is 3.54. The summed E-state index contributed by atoms with van der Waals surface area (Å²) < 4.78 is 2.53. The molecule has 0 unspecified atom stereocenters. The molecule has 0 radical (unpaired) electrons. The minimum absolute atomic E-state index is 0.0824. The summed E-state index contributed by atoms with van der Waals surface area (Å²) in [5.74, 6) is 1.26. The molecule has 3 aromatic carbocycles. The van der Waals surface area contributed by atoms with Gasteiger partial charge in [-0.1, -0.05) is 54.6 Å². The number of rotatable bonds is 6. The lowest BCUT2D eigenvalue weighted by atomic mass is 9.70. The van der Waals surface area contributed by atoms with Gasteiger partial charge in [-0.05, 0) is 106 Å². The van der Waals surface area contributed by atoms with Crippen LogP contribution < -0.4 is 0 Å². The summed E-state index contributed by atoms with van der Waals surface area (Å²) in [4.78, 5) is 28.3. The Morgan fingerprint density at radius 3 is 2.36 bits per heavy atom. The van der Waals surface area contributed by atoms with Crippen molar-refractivity contribution in [2.75, 3.05) is 19.6 Å². The van der Waals surface area contributed by atoms with Crippen LogP contribution in [0.25, 0.3) is 21.9 Å². The van der Waals surface area contributed by atoms with Crippen LogP contribution in [0.1, 0.15) is 78.3 Å². The van der Waals surface area contributed by atoms with Gasteiger partial charge in [0.15, 0.2) is 0 Å². The SMILES string of the molecule is Cc1ccnc2c(C(=O)N3CCC(CCN4[C@@H]5CC[C@H]4C[C@@H](n4c(C)nc6ccccc64)C5)(c4ccccc4)CC3)cccc12. The van der Waals surface area contributed by atoms with Crippen molar-refractivity contribution >= 4 is 27.8 Å². The highest BCUT2D eigenvalue weighted by atomic mass is 16.2. The lowest BCUT2D eigenvalue weighted by Crippen LogP contribution is -2.49. The monoisotopic (exact) mass is 597 g/mol. The summed E-state index contributed by atoms with van der Waals surface area (Å²) in [7, 11) is 0. The zero-order chi connectivity index (χ0) is 30.5. The number of carbonyl (C=O) groups excluding carboxylic acids is 1. The summed E-state index contributed by atoms with van der Waals surface area (Å²) in [6, 6.07) is 29.6. The van der Waals surface area contributed by atoms with Gasteiger partial charge in [0, 0.05) is 42.8 Å². The topological polar surface area (TPSA) is 54.3 Å². The number of para-hydroxylation sites is 3. The lowest BCUT2D eigenvalue weighted by Gasteiger charge is -2.45. The quantitative estimate of drug-likeness (QED) is 0.202. The van der Waals surface area contributed by atoms with E-state index < -0.39 is 0 Å². The number of piperidine rings is 2. The van der Waals surface area contributed by atoms with E-state index in [1.54, 1.807) is 0 Å². The maximum absolute atomic E-state index is 13.9. The number of imidazole rings is 1. The number of hydrogen-bond acceptors (Lipinski definition) is 4. The van der Waals surface area contributed by atoms with E-state index in [1.807, 2.05) is 24.4 Å². The molecule has 3 aliphatic heterocycles. The van der Waals surface area contributed by atoms with Crippen molar-refractivity contribution in [2.45, 2.75) is 82.3 Å². The van der Waals surface area contributed by atoms with E-state index in [0.29, 0.717) is 18.1 Å². The molecule has 5 heterocycles. The Balaban J connectivity index is 0.993. The minimum atomic E-state index is 0.0824. The first-order valence-electron chi connectivity index (χ1n) is 16.9. The number of fused-ring (bicyclic) bond motifs is 4. The van der Waals surface area contributed by atoms with Crippen LogP contribution in [0.15, 0.2) is 85.1 Å². The maximum Gasteiger partial charge on any atom is 0.256 e. The van der Waals surface area contributed by atoms with E-state index in [1.165, 1.54) is 36.8 Å². The predicted molar refractivity (Wildman–Crippen MR) is 181 cm³/mol. The van der Waals surface area contributed by atoms with E-state index in [2.05, 4.69) is 93.9 Å². The van der Waals surface area contributed by atoms with Gasteiger partial charge in [-0.25, -0.2) is 4.98 Å². The van der Waals surface area contributed by atoms with E-state index in [0.717, 1.165) is 72.3 Å². The van der Waals surface area contributed by atoms with E-state index in [4.69, 9.17) is 4.98 Å². The number of carbonyl (C=O) groups is 1. The number of hydrogen-bond donors (Lipinski definition) is 0. The van der Waals surface area contributed by atoms with Crippen molar-refractivity contribution in [1.29, 1.82) is 0 Å². The Kier molecular flexibility index (Phi) is 7.21. The zero-order valence-electron chi connectivity index (χ0n) is 26.5. The maximum atomic E-state index is 13.9. The second-order valence-electron chi connectivity index (χ2n) is 13.8. The van der Waals surface area contributed by atoms with Gasteiger partial charge in [-0.3, -0.25) is 14.7 Å². The fraction of sp³-hybridized carbons (Fsp3) is 0.410. The van der Waals surface area contributed by atoms with Gasteiger partial charge in [-0.15, -0.1) is 0 Å². The molecule has 2 bridgehead atoms. The standard InChI is InChI=1S/C39H43N5O/c1-27-17-21-40-37-33(27)11-8-12-34(37)38(45)42-22-18-39(19-23-42,29-9-4-3-5-10-29)20-24-43-30-15-16-31(43)26-32(25-30)44-28(2)41-35-13-6-7-14-36(35)44/h3-14,17,21,30-32H,15-16,18-20,22-26H2,1-2H3/t30-,31+,32+. The van der Waals surface area contributed by atoms with Crippen molar-refractivity contribution in [2.24, 2.45) is 0 Å². The van der Waals surface area contributed by atoms with Crippen molar-refractivity contribution in [3.05, 3.63) is 108 Å². The summed E-state index contributed by atoms with van der Waals surface area (Å²) in [6.07, 6.45) is 9.95. The molecule has 230 valence electrons. The molecule has 0 N–H and O–H groups in total. The zero-order valence-corrected chi connectivity index (χ0v) is 26.5. The number of pyridine rings is 1. The normalized spacial score (nSPS) is 23.2. The van der Waals surface area contributed by atoms with Crippen molar-refractivity contribution < 1.29 is 4.79 Å². The Labute approximate surface area is 266 Å². The molecule has 2 aromatic heterocycles. The second kappa shape index (κ2) is 11.4. The average molecular weight is 598 g/mol. The van der Waals surface area contributed by atoms with Crippen LogP contribution in [0.2, 0.25) is 0 Å². The minimum Gasteiger partial charge on any atom is -0.339 e. The Morgan fingerprint density at radius 1 is 0.844 bits per heavy atom. The molecule has 6 heteroatoms. The van der Waals surface area contributed by atoms with Gasteiger partial charge < -0.3 is 9.47 Å². The highest BCUT2D eigenvalue weighted by Crippen LogP contribution is 2.45. The van der Waals surface area contributed by atoms with Gasteiger partial charge in [-0.2, -0.15) is 0 Å². The molecule has 0 spiro atoms. The number of likely N-dealkylation sites (tertiary alicyclic amines) is 1. The van der Waals surface area contributed by atoms with Gasteiger partial charge in [0.25, 0.3) is 5.91 Å². The van der Waals surface area contributed by atoms with Gasteiger partial charge in [0.1, 0.15) is 5.82 Å². The third kappa shape index (κ3) is 4.94. The van der Waals surface area contributed by atoms with Gasteiger partial charge in [0.05, 0.1) is 22.1 Å². The van der Waals surface area contributed by atoms with Crippen LogP contribution in [0.4, 0.5) is 0 Å². The van der Waals surface area contributed by atoms with Gasteiger partial charge >= 0.3 is 0 Å². The highest BCUT2D eigenvalue weighted by Gasteiger charge is 2.44. The number of aryl methyl sites for hydroxylation is 2. The first-order chi connectivity index (χ1) is 22.0. The number of aromatic nitrogens is 3. The third-order valence-electron chi connectivity index (χ3n) is 11.5. The molecule has 3 aliphatic rings. The molecule has 1 amide bonds. The summed E-state index contributed by atoms with van der Waals surface area (Å²) in [5.41, 5.74) is 6.62. The molecule has 5 aromatic rings. The summed E-state index contributed by atoms with van der Waals surface area (Å²) in [6.45, 7) is 6.94. The highest BCUT2D eigenvalue weighted by molar-refractivity contribution is 6.06. The van der Waals surface area contributed by atoms with Crippen LogP contribution in [0.5, 0.6) is 0 Å². The second-order valence-corrected chi connectivity index (χ2v) is 13.8. The van der Waals surface area contributed by atoms with Crippen molar-refractivity contribution in [1.82, 2.24) is 24.3 Å². The lowest BCUT2D eigenvalue weighted by molar-refractivity contribution is 0.0608. The molecule has 0 saturated carbocycles. The molecule has 8 rings (SSSR count). The van der Waals surface area contributed by atoms with Crippen LogP contribution in [-0.2, 0) is 5.41 Å². The Morgan fingerprint density at radius 2 is 1.58 bits per heavy atom. The van der Waals surface area contributed by atoms with E-state index >= 15 is 0 Å². The first-order valence-corrected chi connectivity index (χ1v) is 16.9. The van der Waals surface area contributed by atoms with Gasteiger partial charge in [0.2, 0.25) is 0 Å². The Bertz CT molecular complexity index is 1840. The molecule has 0 aliphatic carbocycles.